The van der Waals surface area contributed by atoms with Gasteiger partial charge >= 0.3 is 12.1 Å². The number of halogens is 4. The monoisotopic (exact) mass is 333 g/mol. The predicted molar refractivity (Wildman–Crippen MR) is 64.1 cm³/mol. The second-order valence-corrected chi connectivity index (χ2v) is 6.76. The fourth-order valence-electron chi connectivity index (χ4n) is 1.39. The molecule has 10 heteroatoms. The first-order chi connectivity index (χ1) is 8.90. The van der Waals surface area contributed by atoms with Crippen molar-refractivity contribution in [3.63, 3.8) is 0 Å². The number of aromatic nitrogens is 1. The van der Waals surface area contributed by atoms with Crippen LogP contribution in [0, 0.1) is 0 Å². The molecule has 0 N–H and O–H groups in total. The van der Waals surface area contributed by atoms with E-state index in [1.165, 1.54) is 13.8 Å². The quantitative estimate of drug-likeness (QED) is 0.627. The first kappa shape index (κ1) is 16.8. The highest BCUT2D eigenvalue weighted by Gasteiger charge is 2.31. The number of esters is 1. The Kier molecular flexibility index (Phi) is 4.75. The van der Waals surface area contributed by atoms with E-state index >= 15 is 0 Å². The lowest BCUT2D eigenvalue weighted by Crippen LogP contribution is -2.22. The minimum absolute atomic E-state index is 0.444. The zero-order valence-electron chi connectivity index (χ0n) is 10.4. The zero-order chi connectivity index (χ0) is 15.7. The van der Waals surface area contributed by atoms with E-state index in [-0.39, 0.29) is 0 Å². The Balaban J connectivity index is 3.26. The maximum atomic E-state index is 12.4. The summed E-state index contributed by atoms with van der Waals surface area (Å²) < 4.78 is 64.6. The van der Waals surface area contributed by atoms with Crippen LogP contribution < -0.4 is 0 Å². The largest absolute Gasteiger partial charge is 0.458 e. The number of carbonyl (C=O) groups excluding carboxylic acids is 1. The smallest absolute Gasteiger partial charge is 0.406 e. The van der Waals surface area contributed by atoms with Crippen LogP contribution in [0.3, 0.4) is 0 Å². The van der Waals surface area contributed by atoms with Gasteiger partial charge in [0.2, 0.25) is 0 Å². The van der Waals surface area contributed by atoms with E-state index in [1.54, 1.807) is 0 Å². The summed E-state index contributed by atoms with van der Waals surface area (Å²) in [6.45, 7) is 1.49. The van der Waals surface area contributed by atoms with Gasteiger partial charge in [-0.1, -0.05) is 0 Å². The van der Waals surface area contributed by atoms with Crippen LogP contribution in [0.4, 0.5) is 13.2 Å². The van der Waals surface area contributed by atoms with Crippen LogP contribution in [-0.4, -0.2) is 31.2 Å². The molecule has 1 aromatic rings. The van der Waals surface area contributed by atoms with Gasteiger partial charge in [0, 0.05) is 16.9 Å². The summed E-state index contributed by atoms with van der Waals surface area (Å²) in [5, 5.41) is 0. The number of ether oxygens (including phenoxy) is 1. The molecule has 0 bridgehead atoms. The number of hydrogen-bond donors (Lipinski definition) is 0. The van der Waals surface area contributed by atoms with E-state index in [1.807, 2.05) is 0 Å². The third-order valence-electron chi connectivity index (χ3n) is 2.05. The molecule has 0 unspecified atom stereocenters. The molecule has 0 amide bonds. The Morgan fingerprint density at radius 3 is 2.40 bits per heavy atom. The maximum Gasteiger partial charge on any atom is 0.406 e. The molecule has 0 radical (unpaired) electrons. The Morgan fingerprint density at radius 2 is 2.00 bits per heavy atom. The minimum Gasteiger partial charge on any atom is -0.458 e. The molecular formula is C10H11ClF3NO4S. The van der Waals surface area contributed by atoms with Gasteiger partial charge in [-0.15, -0.1) is 0 Å². The second kappa shape index (κ2) is 5.65. The molecule has 0 saturated heterocycles. The van der Waals surface area contributed by atoms with Crippen LogP contribution in [0.25, 0.3) is 0 Å². The fraction of sp³-hybridized carbons (Fsp3) is 0.500. The first-order valence-corrected chi connectivity index (χ1v) is 7.63. The van der Waals surface area contributed by atoms with Gasteiger partial charge in [-0.3, -0.25) is 0 Å². The van der Waals surface area contributed by atoms with Crippen LogP contribution in [0.1, 0.15) is 24.3 Å². The highest BCUT2D eigenvalue weighted by atomic mass is 35.7. The van der Waals surface area contributed by atoms with Crippen LogP contribution in [-0.2, 0) is 20.3 Å². The summed E-state index contributed by atoms with van der Waals surface area (Å²) in [7, 11) is 0.805. The summed E-state index contributed by atoms with van der Waals surface area (Å²) in [5.41, 5.74) is -0.532. The molecule has 114 valence electrons. The van der Waals surface area contributed by atoms with Gasteiger partial charge in [0.1, 0.15) is 17.1 Å². The van der Waals surface area contributed by atoms with Crippen LogP contribution in [0.5, 0.6) is 0 Å². The highest BCUT2D eigenvalue weighted by molar-refractivity contribution is 8.13. The Labute approximate surface area is 117 Å². The Morgan fingerprint density at radius 1 is 1.45 bits per heavy atom. The van der Waals surface area contributed by atoms with Crippen molar-refractivity contribution in [1.82, 2.24) is 4.57 Å². The lowest BCUT2D eigenvalue weighted by Gasteiger charge is -2.12. The Bertz CT molecular complexity index is 607. The van der Waals surface area contributed by atoms with E-state index < -0.39 is 44.4 Å². The van der Waals surface area contributed by atoms with Gasteiger partial charge < -0.3 is 9.30 Å². The number of carbonyl (C=O) groups is 1. The summed E-state index contributed by atoms with van der Waals surface area (Å²) in [4.78, 5) is 11.1. The van der Waals surface area contributed by atoms with E-state index in [4.69, 9.17) is 15.4 Å². The molecule has 0 fully saturated rings. The van der Waals surface area contributed by atoms with Gasteiger partial charge in [-0.05, 0) is 19.9 Å². The molecule has 0 spiro atoms. The molecule has 0 atom stereocenters. The van der Waals surface area contributed by atoms with Crippen molar-refractivity contribution in [2.24, 2.45) is 0 Å². The molecule has 5 nitrogen and oxygen atoms in total. The molecule has 20 heavy (non-hydrogen) atoms. The molecule has 0 aliphatic heterocycles. The molecule has 1 heterocycles. The van der Waals surface area contributed by atoms with E-state index in [0.717, 1.165) is 6.07 Å². The topological polar surface area (TPSA) is 65.4 Å². The number of rotatable bonds is 4. The molecule has 0 aliphatic rings. The fourth-order valence-corrected chi connectivity index (χ4v) is 2.14. The third kappa shape index (κ3) is 4.71. The highest BCUT2D eigenvalue weighted by Crippen LogP contribution is 2.24. The van der Waals surface area contributed by atoms with Crippen molar-refractivity contribution in [2.45, 2.75) is 37.6 Å². The predicted octanol–water partition coefficient (Wildman–Crippen LogP) is 2.54. The summed E-state index contributed by atoms with van der Waals surface area (Å²) >= 11 is 0. The number of nitrogens with zero attached hydrogens (tertiary/aromatic N) is 1. The van der Waals surface area contributed by atoms with Crippen LogP contribution >= 0.6 is 10.7 Å². The van der Waals surface area contributed by atoms with Gasteiger partial charge in [-0.2, -0.15) is 13.2 Å². The van der Waals surface area contributed by atoms with E-state index in [2.05, 4.69) is 0 Å². The molecule has 0 aromatic carbocycles. The van der Waals surface area contributed by atoms with E-state index in [9.17, 15) is 26.4 Å². The SMILES string of the molecule is CC(C)OC(=O)c1cc(S(=O)(=O)Cl)cn1CC(F)(F)F. The van der Waals surface area contributed by atoms with Crippen molar-refractivity contribution in [3.8, 4) is 0 Å². The summed E-state index contributed by atoms with van der Waals surface area (Å²) in [5.74, 6) is -1.06. The van der Waals surface area contributed by atoms with Crippen LogP contribution in [0.2, 0.25) is 0 Å². The summed E-state index contributed by atoms with van der Waals surface area (Å²) in [6, 6.07) is 0.749. The van der Waals surface area contributed by atoms with Gasteiger partial charge in [-0.25, -0.2) is 13.2 Å². The standard InChI is InChI=1S/C10H11ClF3NO4S/c1-6(2)19-9(16)8-3-7(20(11,17)18)4-15(8)5-10(12,13)14/h3-4,6H,5H2,1-2H3. The van der Waals surface area contributed by atoms with Crippen molar-refractivity contribution < 1.29 is 31.1 Å². The summed E-state index contributed by atoms with van der Waals surface area (Å²) in [6.07, 6.45) is -4.54. The lowest BCUT2D eigenvalue weighted by molar-refractivity contribution is -0.140. The van der Waals surface area contributed by atoms with Gasteiger partial charge in [0.15, 0.2) is 0 Å². The Hall–Kier alpha value is -1.22. The third-order valence-corrected chi connectivity index (χ3v) is 3.38. The number of hydrogen-bond acceptors (Lipinski definition) is 4. The lowest BCUT2D eigenvalue weighted by atomic mass is 10.4. The van der Waals surface area contributed by atoms with Crippen molar-refractivity contribution in [3.05, 3.63) is 18.0 Å². The molecule has 1 rings (SSSR count). The number of alkyl halides is 3. The zero-order valence-corrected chi connectivity index (χ0v) is 12.0. The van der Waals surface area contributed by atoms with Crippen molar-refractivity contribution in [2.75, 3.05) is 0 Å². The molecule has 1 aromatic heterocycles. The molecule has 0 aliphatic carbocycles. The van der Waals surface area contributed by atoms with Gasteiger partial charge in [0.05, 0.1) is 6.10 Å². The average molecular weight is 334 g/mol. The van der Waals surface area contributed by atoms with Crippen molar-refractivity contribution >= 4 is 25.7 Å². The normalized spacial score (nSPS) is 12.8. The van der Waals surface area contributed by atoms with Crippen molar-refractivity contribution in [1.29, 1.82) is 0 Å². The second-order valence-electron chi connectivity index (χ2n) is 4.20. The minimum atomic E-state index is -4.63. The average Bonchev–Trinajstić information content (AvgIpc) is 2.56. The first-order valence-electron chi connectivity index (χ1n) is 5.32. The van der Waals surface area contributed by atoms with Crippen LogP contribution in [0.15, 0.2) is 17.2 Å². The van der Waals surface area contributed by atoms with Gasteiger partial charge in [0.25, 0.3) is 9.05 Å². The molecular weight excluding hydrogens is 323 g/mol. The molecule has 0 saturated carbocycles. The van der Waals surface area contributed by atoms with E-state index in [0.29, 0.717) is 10.8 Å². The maximum absolute atomic E-state index is 12.4.